The smallest absolute Gasteiger partial charge is 0.407 e. The minimum atomic E-state index is -1.04. The molecule has 35 heavy (non-hydrogen) atoms. The summed E-state index contributed by atoms with van der Waals surface area (Å²) in [5, 5.41) is 15.0. The summed E-state index contributed by atoms with van der Waals surface area (Å²) in [5.41, 5.74) is 4.60. The van der Waals surface area contributed by atoms with Gasteiger partial charge < -0.3 is 20.5 Å². The Labute approximate surface area is 206 Å². The summed E-state index contributed by atoms with van der Waals surface area (Å²) < 4.78 is 5.67. The third kappa shape index (κ3) is 5.50. The largest absolute Gasteiger partial charge is 0.480 e. The second kappa shape index (κ2) is 10.9. The molecule has 0 aliphatic heterocycles. The third-order valence-corrected chi connectivity index (χ3v) is 7.57. The Balaban J connectivity index is 1.37. The van der Waals surface area contributed by atoms with Crippen LogP contribution in [0.15, 0.2) is 48.5 Å². The van der Waals surface area contributed by atoms with Crippen molar-refractivity contribution in [1.82, 2.24) is 10.6 Å². The first-order valence-electron chi connectivity index (χ1n) is 12.5. The molecule has 0 heterocycles. The number of carboxylic acid groups (broad SMARTS) is 1. The fourth-order valence-electron chi connectivity index (χ4n) is 5.08. The van der Waals surface area contributed by atoms with Gasteiger partial charge in [0.2, 0.25) is 5.91 Å². The molecule has 2 aromatic rings. The molecule has 0 spiro atoms. The summed E-state index contributed by atoms with van der Waals surface area (Å²) in [6, 6.07) is 15.0. The number of aliphatic carboxylic acids is 1. The molecule has 2 amide bonds. The SMILES string of the molecule is CCC(C)[C@H](NC(=O)CC(NC(=O)OCC1c2ccccc2-c2ccccc21)C1CCC1)C(=O)O. The van der Waals surface area contributed by atoms with Gasteiger partial charge in [0.15, 0.2) is 0 Å². The van der Waals surface area contributed by atoms with Crippen molar-refractivity contribution in [3.05, 3.63) is 59.7 Å². The highest BCUT2D eigenvalue weighted by molar-refractivity contribution is 5.84. The van der Waals surface area contributed by atoms with Crippen LogP contribution in [0.5, 0.6) is 0 Å². The predicted octanol–water partition coefficient (Wildman–Crippen LogP) is 4.70. The van der Waals surface area contributed by atoms with Crippen LogP contribution in [-0.2, 0) is 14.3 Å². The van der Waals surface area contributed by atoms with Crippen LogP contribution in [-0.4, -0.2) is 41.8 Å². The number of fused-ring (bicyclic) bond motifs is 3. The molecular formula is C28H34N2O5. The second-order valence-corrected chi connectivity index (χ2v) is 9.74. The van der Waals surface area contributed by atoms with Crippen LogP contribution >= 0.6 is 0 Å². The Morgan fingerprint density at radius 2 is 1.60 bits per heavy atom. The zero-order valence-corrected chi connectivity index (χ0v) is 20.3. The first-order valence-corrected chi connectivity index (χ1v) is 12.5. The molecule has 0 bridgehead atoms. The van der Waals surface area contributed by atoms with E-state index < -0.39 is 18.1 Å². The molecule has 1 fully saturated rings. The number of alkyl carbamates (subject to hydrolysis) is 1. The van der Waals surface area contributed by atoms with Gasteiger partial charge >= 0.3 is 12.1 Å². The normalized spacial score (nSPS) is 17.3. The Bertz CT molecular complexity index is 1040. The van der Waals surface area contributed by atoms with Gasteiger partial charge in [0.05, 0.1) is 0 Å². The lowest BCUT2D eigenvalue weighted by atomic mass is 9.78. The number of hydrogen-bond acceptors (Lipinski definition) is 4. The fourth-order valence-corrected chi connectivity index (χ4v) is 5.08. The van der Waals surface area contributed by atoms with Crippen LogP contribution in [0.1, 0.15) is 63.0 Å². The maximum absolute atomic E-state index is 12.8. The minimum Gasteiger partial charge on any atom is -0.480 e. The van der Waals surface area contributed by atoms with Crippen LogP contribution in [0.3, 0.4) is 0 Å². The van der Waals surface area contributed by atoms with Crippen molar-refractivity contribution in [2.24, 2.45) is 11.8 Å². The zero-order valence-electron chi connectivity index (χ0n) is 20.3. The standard InChI is InChI=1S/C28H34N2O5/c1-3-17(2)26(27(32)33)30-25(31)15-24(18-9-8-10-18)29-28(34)35-16-23-21-13-6-4-11-19(21)20-12-5-7-14-22(20)23/h4-7,11-14,17-18,23-24,26H,3,8-10,15-16H2,1-2H3,(H,29,34)(H,30,31)(H,32,33)/t17?,24?,26-/m0/s1. The summed E-state index contributed by atoms with van der Waals surface area (Å²) in [6.45, 7) is 3.90. The molecule has 7 nitrogen and oxygen atoms in total. The molecule has 1 saturated carbocycles. The van der Waals surface area contributed by atoms with Gasteiger partial charge in [0.25, 0.3) is 0 Å². The number of ether oxygens (including phenoxy) is 1. The van der Waals surface area contributed by atoms with E-state index in [1.54, 1.807) is 6.92 Å². The summed E-state index contributed by atoms with van der Waals surface area (Å²) in [5.74, 6) is -1.45. The molecule has 4 rings (SSSR count). The zero-order chi connectivity index (χ0) is 24.9. The van der Waals surface area contributed by atoms with E-state index in [-0.39, 0.29) is 42.7 Å². The van der Waals surface area contributed by atoms with E-state index in [0.717, 1.165) is 41.5 Å². The Morgan fingerprint density at radius 3 is 2.11 bits per heavy atom. The van der Waals surface area contributed by atoms with Crippen molar-refractivity contribution in [3.63, 3.8) is 0 Å². The van der Waals surface area contributed by atoms with Gasteiger partial charge in [-0.05, 0) is 46.9 Å². The number of carbonyl (C=O) groups excluding carboxylic acids is 2. The highest BCUT2D eigenvalue weighted by Gasteiger charge is 2.34. The molecule has 3 atom stereocenters. The van der Waals surface area contributed by atoms with E-state index in [1.165, 1.54) is 0 Å². The molecule has 186 valence electrons. The quantitative estimate of drug-likeness (QED) is 0.459. The van der Waals surface area contributed by atoms with Crippen LogP contribution in [0.4, 0.5) is 4.79 Å². The van der Waals surface area contributed by atoms with Crippen molar-refractivity contribution in [2.45, 2.75) is 64.0 Å². The molecule has 2 aliphatic carbocycles. The van der Waals surface area contributed by atoms with E-state index in [4.69, 9.17) is 4.74 Å². The maximum Gasteiger partial charge on any atom is 0.407 e. The van der Waals surface area contributed by atoms with E-state index >= 15 is 0 Å². The third-order valence-electron chi connectivity index (χ3n) is 7.57. The van der Waals surface area contributed by atoms with Gasteiger partial charge in [0, 0.05) is 18.4 Å². The van der Waals surface area contributed by atoms with Gasteiger partial charge in [0.1, 0.15) is 12.6 Å². The van der Waals surface area contributed by atoms with Gasteiger partial charge in [-0.25, -0.2) is 9.59 Å². The van der Waals surface area contributed by atoms with Crippen molar-refractivity contribution in [3.8, 4) is 11.1 Å². The first kappa shape index (κ1) is 24.8. The molecule has 2 aromatic carbocycles. The van der Waals surface area contributed by atoms with Gasteiger partial charge in [-0.2, -0.15) is 0 Å². The van der Waals surface area contributed by atoms with Gasteiger partial charge in [-0.15, -0.1) is 0 Å². The lowest BCUT2D eigenvalue weighted by molar-refractivity contribution is -0.143. The monoisotopic (exact) mass is 478 g/mol. The van der Waals surface area contributed by atoms with E-state index in [9.17, 15) is 19.5 Å². The van der Waals surface area contributed by atoms with Gasteiger partial charge in [-0.3, -0.25) is 4.79 Å². The van der Waals surface area contributed by atoms with Gasteiger partial charge in [-0.1, -0.05) is 75.2 Å². The molecule has 2 aliphatic rings. The van der Waals surface area contributed by atoms with E-state index in [0.29, 0.717) is 6.42 Å². The van der Waals surface area contributed by atoms with Crippen LogP contribution in [0.2, 0.25) is 0 Å². The summed E-state index contributed by atoms with van der Waals surface area (Å²) >= 11 is 0. The lowest BCUT2D eigenvalue weighted by Crippen LogP contribution is -2.50. The van der Waals surface area contributed by atoms with Crippen LogP contribution in [0.25, 0.3) is 11.1 Å². The van der Waals surface area contributed by atoms with Crippen molar-refractivity contribution in [2.75, 3.05) is 6.61 Å². The summed E-state index contributed by atoms with van der Waals surface area (Å²) in [7, 11) is 0. The molecule has 2 unspecified atom stereocenters. The average molecular weight is 479 g/mol. The molecule has 3 N–H and O–H groups in total. The number of carbonyl (C=O) groups is 3. The Morgan fingerprint density at radius 1 is 1.00 bits per heavy atom. The van der Waals surface area contributed by atoms with Crippen LogP contribution < -0.4 is 10.6 Å². The molecular weight excluding hydrogens is 444 g/mol. The number of rotatable bonds is 10. The Hall–Kier alpha value is -3.35. The summed E-state index contributed by atoms with van der Waals surface area (Å²) in [6.07, 6.45) is 3.04. The fraction of sp³-hybridized carbons (Fsp3) is 0.464. The lowest BCUT2D eigenvalue weighted by Gasteiger charge is -2.34. The number of benzene rings is 2. The summed E-state index contributed by atoms with van der Waals surface area (Å²) in [4.78, 5) is 37.1. The maximum atomic E-state index is 12.8. The highest BCUT2D eigenvalue weighted by Crippen LogP contribution is 2.44. The number of nitrogens with one attached hydrogen (secondary N) is 2. The minimum absolute atomic E-state index is 0.0366. The average Bonchev–Trinajstić information content (AvgIpc) is 3.13. The Kier molecular flexibility index (Phi) is 7.73. The number of amides is 2. The molecule has 0 aromatic heterocycles. The van der Waals surface area contributed by atoms with Crippen molar-refractivity contribution in [1.29, 1.82) is 0 Å². The van der Waals surface area contributed by atoms with Crippen molar-refractivity contribution >= 4 is 18.0 Å². The topological polar surface area (TPSA) is 105 Å². The number of hydrogen-bond donors (Lipinski definition) is 3. The highest BCUT2D eigenvalue weighted by atomic mass is 16.5. The molecule has 0 saturated heterocycles. The molecule has 0 radical (unpaired) electrons. The number of carboxylic acids is 1. The van der Waals surface area contributed by atoms with E-state index in [2.05, 4.69) is 34.9 Å². The molecule has 7 heteroatoms. The van der Waals surface area contributed by atoms with Crippen LogP contribution in [0, 0.1) is 11.8 Å². The predicted molar refractivity (Wildman–Crippen MR) is 133 cm³/mol. The first-order chi connectivity index (χ1) is 16.9. The second-order valence-electron chi connectivity index (χ2n) is 9.74. The van der Waals surface area contributed by atoms with E-state index in [1.807, 2.05) is 31.2 Å². The van der Waals surface area contributed by atoms with Crippen molar-refractivity contribution < 1.29 is 24.2 Å².